The average Bonchev–Trinajstić information content (AvgIpc) is 2.68. The molecule has 0 saturated carbocycles. The van der Waals surface area contributed by atoms with Crippen molar-refractivity contribution >= 4 is 34.3 Å². The fourth-order valence-electron chi connectivity index (χ4n) is 2.60. The average molecular weight is 383 g/mol. The molecule has 1 aromatic heterocycles. The van der Waals surface area contributed by atoms with Crippen molar-refractivity contribution in [2.24, 2.45) is 0 Å². The molecule has 1 N–H and O–H groups in total. The summed E-state index contributed by atoms with van der Waals surface area (Å²) in [5.41, 5.74) is 2.37. The Bertz CT molecular complexity index is 1000. The zero-order valence-electron chi connectivity index (χ0n) is 15.3. The summed E-state index contributed by atoms with van der Waals surface area (Å²) in [6.45, 7) is 2.77. The molecule has 0 aliphatic heterocycles. The van der Waals surface area contributed by atoms with Crippen molar-refractivity contribution in [1.82, 2.24) is 9.55 Å². The number of nitrogens with one attached hydrogen (secondary N) is 1. The summed E-state index contributed by atoms with van der Waals surface area (Å²) in [5, 5.41) is 3.92. The number of amides is 1. The largest absolute Gasteiger partial charge is 0.383 e. The normalized spacial score (nSPS) is 10.9. The van der Waals surface area contributed by atoms with Crippen LogP contribution in [0.25, 0.3) is 10.9 Å². The van der Waals surface area contributed by atoms with Gasteiger partial charge in [0, 0.05) is 12.8 Å². The van der Waals surface area contributed by atoms with Crippen molar-refractivity contribution in [2.75, 3.05) is 24.8 Å². The summed E-state index contributed by atoms with van der Waals surface area (Å²) in [5.74, 6) is 0.00981. The van der Waals surface area contributed by atoms with E-state index in [-0.39, 0.29) is 17.2 Å². The number of para-hydroxylation sites is 1. The van der Waals surface area contributed by atoms with E-state index in [0.29, 0.717) is 29.2 Å². The summed E-state index contributed by atoms with van der Waals surface area (Å²) < 4.78 is 6.67. The SMILES string of the molecule is COCCn1c(SCC(=O)Nc2ccc(C)cc2)nc2ccccc2c1=O. The predicted molar refractivity (Wildman–Crippen MR) is 108 cm³/mol. The first-order valence-corrected chi connectivity index (χ1v) is 9.55. The lowest BCUT2D eigenvalue weighted by Crippen LogP contribution is -2.26. The lowest BCUT2D eigenvalue weighted by molar-refractivity contribution is -0.113. The van der Waals surface area contributed by atoms with Crippen LogP contribution >= 0.6 is 11.8 Å². The van der Waals surface area contributed by atoms with Crippen LogP contribution in [0.2, 0.25) is 0 Å². The van der Waals surface area contributed by atoms with Crippen molar-refractivity contribution in [1.29, 1.82) is 0 Å². The van der Waals surface area contributed by atoms with E-state index < -0.39 is 0 Å². The number of anilines is 1. The number of hydrogen-bond donors (Lipinski definition) is 1. The van der Waals surface area contributed by atoms with Crippen LogP contribution in [0.3, 0.4) is 0 Å². The first-order valence-electron chi connectivity index (χ1n) is 8.56. The molecular formula is C20H21N3O3S. The van der Waals surface area contributed by atoms with Gasteiger partial charge in [0.05, 0.1) is 29.8 Å². The van der Waals surface area contributed by atoms with Gasteiger partial charge in [-0.3, -0.25) is 14.2 Å². The second-order valence-corrected chi connectivity index (χ2v) is 7.01. The Hall–Kier alpha value is -2.64. The van der Waals surface area contributed by atoms with Crippen LogP contribution in [0, 0.1) is 6.92 Å². The van der Waals surface area contributed by atoms with Crippen LogP contribution < -0.4 is 10.9 Å². The maximum atomic E-state index is 12.8. The number of nitrogens with zero attached hydrogens (tertiary/aromatic N) is 2. The third kappa shape index (κ3) is 4.75. The minimum atomic E-state index is -0.149. The van der Waals surface area contributed by atoms with Gasteiger partial charge in [0.2, 0.25) is 5.91 Å². The van der Waals surface area contributed by atoms with Gasteiger partial charge in [0.25, 0.3) is 5.56 Å². The molecule has 0 saturated heterocycles. The Morgan fingerprint density at radius 2 is 1.93 bits per heavy atom. The molecule has 3 aromatic rings. The molecule has 0 fully saturated rings. The van der Waals surface area contributed by atoms with E-state index in [0.717, 1.165) is 11.3 Å². The number of hydrogen-bond acceptors (Lipinski definition) is 5. The van der Waals surface area contributed by atoms with Gasteiger partial charge in [-0.15, -0.1) is 0 Å². The fourth-order valence-corrected chi connectivity index (χ4v) is 3.43. The number of methoxy groups -OCH3 is 1. The van der Waals surface area contributed by atoms with Crippen LogP contribution in [0.1, 0.15) is 5.56 Å². The molecule has 0 atom stereocenters. The molecule has 27 heavy (non-hydrogen) atoms. The number of thioether (sulfide) groups is 1. The van der Waals surface area contributed by atoms with E-state index >= 15 is 0 Å². The maximum absolute atomic E-state index is 12.8. The summed E-state index contributed by atoms with van der Waals surface area (Å²) in [7, 11) is 1.58. The van der Waals surface area contributed by atoms with Gasteiger partial charge in [0.15, 0.2) is 5.16 Å². The van der Waals surface area contributed by atoms with E-state index in [1.165, 1.54) is 11.8 Å². The van der Waals surface area contributed by atoms with Crippen LogP contribution in [0.4, 0.5) is 5.69 Å². The standard InChI is InChI=1S/C20H21N3O3S/c1-14-7-9-15(10-8-14)21-18(24)13-27-20-22-17-6-4-3-5-16(17)19(25)23(20)11-12-26-2/h3-10H,11-13H2,1-2H3,(H,21,24). The zero-order valence-corrected chi connectivity index (χ0v) is 16.1. The minimum absolute atomic E-state index is 0.126. The van der Waals surface area contributed by atoms with E-state index in [1.54, 1.807) is 23.8 Å². The summed E-state index contributed by atoms with van der Waals surface area (Å²) >= 11 is 1.24. The molecule has 3 rings (SSSR count). The molecule has 2 aromatic carbocycles. The molecule has 0 spiro atoms. The Morgan fingerprint density at radius 1 is 1.19 bits per heavy atom. The van der Waals surface area contributed by atoms with Crippen molar-refractivity contribution < 1.29 is 9.53 Å². The third-order valence-corrected chi connectivity index (χ3v) is 4.99. The van der Waals surface area contributed by atoms with Crippen molar-refractivity contribution in [2.45, 2.75) is 18.6 Å². The van der Waals surface area contributed by atoms with Gasteiger partial charge in [-0.05, 0) is 31.2 Å². The Balaban J connectivity index is 1.79. The molecule has 0 bridgehead atoms. The molecule has 7 heteroatoms. The molecule has 0 radical (unpaired) electrons. The number of benzene rings is 2. The number of carbonyl (C=O) groups is 1. The fraction of sp³-hybridized carbons (Fsp3) is 0.250. The highest BCUT2D eigenvalue weighted by Crippen LogP contribution is 2.18. The summed E-state index contributed by atoms with van der Waals surface area (Å²) in [4.78, 5) is 29.6. The molecule has 0 unspecified atom stereocenters. The number of aromatic nitrogens is 2. The van der Waals surface area contributed by atoms with Crippen molar-refractivity contribution in [3.05, 3.63) is 64.4 Å². The second-order valence-electron chi connectivity index (χ2n) is 6.06. The minimum Gasteiger partial charge on any atom is -0.383 e. The number of aryl methyl sites for hydroxylation is 1. The van der Waals surface area contributed by atoms with Crippen molar-refractivity contribution in [3.63, 3.8) is 0 Å². The topological polar surface area (TPSA) is 73.2 Å². The van der Waals surface area contributed by atoms with Gasteiger partial charge in [-0.2, -0.15) is 0 Å². The lowest BCUT2D eigenvalue weighted by Gasteiger charge is -2.12. The predicted octanol–water partition coefficient (Wildman–Crippen LogP) is 3.08. The van der Waals surface area contributed by atoms with Crippen molar-refractivity contribution in [3.8, 4) is 0 Å². The number of ether oxygens (including phenoxy) is 1. The van der Waals surface area contributed by atoms with Gasteiger partial charge >= 0.3 is 0 Å². The molecule has 6 nitrogen and oxygen atoms in total. The van der Waals surface area contributed by atoms with Crippen LogP contribution in [0.5, 0.6) is 0 Å². The van der Waals surface area contributed by atoms with E-state index in [9.17, 15) is 9.59 Å². The first kappa shape index (κ1) is 19.1. The van der Waals surface area contributed by atoms with Crippen LogP contribution in [-0.2, 0) is 16.1 Å². The number of fused-ring (bicyclic) bond motifs is 1. The lowest BCUT2D eigenvalue weighted by atomic mass is 10.2. The van der Waals surface area contributed by atoms with Gasteiger partial charge in [0.1, 0.15) is 0 Å². The molecular weight excluding hydrogens is 362 g/mol. The highest BCUT2D eigenvalue weighted by Gasteiger charge is 2.13. The van der Waals surface area contributed by atoms with E-state index in [4.69, 9.17) is 4.74 Å². The second kappa shape index (κ2) is 8.83. The first-order chi connectivity index (χ1) is 13.1. The van der Waals surface area contributed by atoms with Crippen LogP contribution in [0.15, 0.2) is 58.5 Å². The molecule has 140 valence electrons. The molecule has 1 amide bonds. The quantitative estimate of drug-likeness (QED) is 0.501. The maximum Gasteiger partial charge on any atom is 0.262 e. The summed E-state index contributed by atoms with van der Waals surface area (Å²) in [6, 6.07) is 14.8. The van der Waals surface area contributed by atoms with E-state index in [1.807, 2.05) is 43.3 Å². The summed E-state index contributed by atoms with van der Waals surface area (Å²) in [6.07, 6.45) is 0. The van der Waals surface area contributed by atoms with Gasteiger partial charge in [-0.25, -0.2) is 4.98 Å². The number of carbonyl (C=O) groups excluding carboxylic acids is 1. The molecule has 0 aliphatic carbocycles. The Morgan fingerprint density at radius 3 is 2.67 bits per heavy atom. The highest BCUT2D eigenvalue weighted by atomic mass is 32.2. The van der Waals surface area contributed by atoms with E-state index in [2.05, 4.69) is 10.3 Å². The Labute approximate surface area is 161 Å². The van der Waals surface area contributed by atoms with Crippen LogP contribution in [-0.4, -0.2) is 34.9 Å². The Kier molecular flexibility index (Phi) is 6.26. The smallest absolute Gasteiger partial charge is 0.262 e. The third-order valence-electron chi connectivity index (χ3n) is 4.01. The monoisotopic (exact) mass is 383 g/mol. The molecule has 1 heterocycles. The van der Waals surface area contributed by atoms with Gasteiger partial charge < -0.3 is 10.1 Å². The number of rotatable bonds is 7. The molecule has 0 aliphatic rings. The highest BCUT2D eigenvalue weighted by molar-refractivity contribution is 7.99. The van der Waals surface area contributed by atoms with Gasteiger partial charge in [-0.1, -0.05) is 41.6 Å². The zero-order chi connectivity index (χ0) is 19.2.